The van der Waals surface area contributed by atoms with Crippen LogP contribution < -0.4 is 5.32 Å². The van der Waals surface area contributed by atoms with Gasteiger partial charge in [0.05, 0.1) is 0 Å². The van der Waals surface area contributed by atoms with E-state index in [1.165, 1.54) is 30.5 Å². The van der Waals surface area contributed by atoms with E-state index in [4.69, 9.17) is 9.72 Å². The molecule has 0 radical (unpaired) electrons. The zero-order valence-electron chi connectivity index (χ0n) is 12.1. The van der Waals surface area contributed by atoms with Crippen molar-refractivity contribution >= 4 is 0 Å². The number of hydrogen-bond donors (Lipinski definition) is 1. The summed E-state index contributed by atoms with van der Waals surface area (Å²) in [7, 11) is 0. The van der Waals surface area contributed by atoms with Crippen molar-refractivity contribution in [1.82, 2.24) is 15.3 Å². The van der Waals surface area contributed by atoms with Gasteiger partial charge in [-0.2, -0.15) is 0 Å². The van der Waals surface area contributed by atoms with Crippen LogP contribution >= 0.6 is 0 Å². The third-order valence-electron chi connectivity index (χ3n) is 3.51. The van der Waals surface area contributed by atoms with Gasteiger partial charge in [-0.1, -0.05) is 20.3 Å². The maximum atomic E-state index is 5.52. The Morgan fingerprint density at radius 3 is 3.05 bits per heavy atom. The van der Waals surface area contributed by atoms with E-state index in [0.29, 0.717) is 12.6 Å². The Labute approximate surface area is 116 Å². The predicted molar refractivity (Wildman–Crippen MR) is 76.0 cm³/mol. The monoisotopic (exact) mass is 263 g/mol. The fourth-order valence-electron chi connectivity index (χ4n) is 2.59. The lowest BCUT2D eigenvalue weighted by Gasteiger charge is -2.17. The van der Waals surface area contributed by atoms with E-state index in [2.05, 4.69) is 24.1 Å². The molecule has 106 valence electrons. The average Bonchev–Trinajstić information content (AvgIpc) is 2.62. The largest absolute Gasteiger partial charge is 0.373 e. The molecule has 0 saturated heterocycles. The first-order chi connectivity index (χ1) is 9.35. The summed E-state index contributed by atoms with van der Waals surface area (Å²) in [6.07, 6.45) is 7.78. The van der Waals surface area contributed by atoms with Gasteiger partial charge in [-0.15, -0.1) is 0 Å². The van der Waals surface area contributed by atoms with Gasteiger partial charge in [-0.25, -0.2) is 9.97 Å². The van der Waals surface area contributed by atoms with Crippen LogP contribution in [0.2, 0.25) is 0 Å². The molecule has 4 nitrogen and oxygen atoms in total. The van der Waals surface area contributed by atoms with Gasteiger partial charge in [0, 0.05) is 30.1 Å². The second-order valence-electron chi connectivity index (χ2n) is 5.10. The van der Waals surface area contributed by atoms with Gasteiger partial charge < -0.3 is 10.1 Å². The Morgan fingerprint density at radius 1 is 1.37 bits per heavy atom. The lowest BCUT2D eigenvalue weighted by molar-refractivity contribution is 0.116. The van der Waals surface area contributed by atoms with Crippen molar-refractivity contribution in [2.45, 2.75) is 58.6 Å². The lowest BCUT2D eigenvalue weighted by Crippen LogP contribution is -2.22. The molecule has 1 aliphatic carbocycles. The number of rotatable bonds is 6. The van der Waals surface area contributed by atoms with E-state index < -0.39 is 0 Å². The van der Waals surface area contributed by atoms with Crippen LogP contribution in [-0.4, -0.2) is 23.1 Å². The standard InChI is InChI=1S/C15H25N3O/c1-3-9-19-11-15-17-10-12-13(16-4-2)7-5-6-8-14(12)18-15/h10,13,16H,3-9,11H2,1-2H3. The molecule has 2 rings (SSSR count). The molecular formula is C15H25N3O. The first kappa shape index (κ1) is 14.4. The van der Waals surface area contributed by atoms with E-state index in [1.807, 2.05) is 6.20 Å². The van der Waals surface area contributed by atoms with Crippen LogP contribution in [0.1, 0.15) is 62.7 Å². The van der Waals surface area contributed by atoms with Crippen molar-refractivity contribution in [3.63, 3.8) is 0 Å². The highest BCUT2D eigenvalue weighted by atomic mass is 16.5. The summed E-state index contributed by atoms with van der Waals surface area (Å²) in [6, 6.07) is 0.424. The third kappa shape index (κ3) is 3.98. The Kier molecular flexibility index (Phi) is 5.73. The smallest absolute Gasteiger partial charge is 0.154 e. The van der Waals surface area contributed by atoms with Gasteiger partial charge in [0.2, 0.25) is 0 Å². The highest BCUT2D eigenvalue weighted by Gasteiger charge is 2.19. The summed E-state index contributed by atoms with van der Waals surface area (Å²) < 4.78 is 5.52. The third-order valence-corrected chi connectivity index (χ3v) is 3.51. The van der Waals surface area contributed by atoms with Gasteiger partial charge in [0.1, 0.15) is 6.61 Å². The van der Waals surface area contributed by atoms with Gasteiger partial charge in [-0.05, 0) is 32.2 Å². The molecular weight excluding hydrogens is 238 g/mol. The zero-order chi connectivity index (χ0) is 13.5. The fourth-order valence-corrected chi connectivity index (χ4v) is 2.59. The van der Waals surface area contributed by atoms with E-state index in [1.54, 1.807) is 0 Å². The Morgan fingerprint density at radius 2 is 2.26 bits per heavy atom. The first-order valence-electron chi connectivity index (χ1n) is 7.51. The normalized spacial score (nSPS) is 18.9. The van der Waals surface area contributed by atoms with Crippen LogP contribution in [0, 0.1) is 0 Å². The van der Waals surface area contributed by atoms with Crippen molar-refractivity contribution in [2.24, 2.45) is 0 Å². The minimum absolute atomic E-state index is 0.424. The van der Waals surface area contributed by atoms with Gasteiger partial charge >= 0.3 is 0 Å². The first-order valence-corrected chi connectivity index (χ1v) is 7.51. The van der Waals surface area contributed by atoms with Crippen LogP contribution in [0.4, 0.5) is 0 Å². The summed E-state index contributed by atoms with van der Waals surface area (Å²) >= 11 is 0. The molecule has 4 heteroatoms. The summed E-state index contributed by atoms with van der Waals surface area (Å²) in [5, 5.41) is 3.54. The molecule has 0 amide bonds. The molecule has 0 bridgehead atoms. The Balaban J connectivity index is 2.11. The summed E-state index contributed by atoms with van der Waals surface area (Å²) in [4.78, 5) is 9.16. The molecule has 19 heavy (non-hydrogen) atoms. The van der Waals surface area contributed by atoms with E-state index in [-0.39, 0.29) is 0 Å². The minimum atomic E-state index is 0.424. The van der Waals surface area contributed by atoms with Crippen molar-refractivity contribution in [3.8, 4) is 0 Å². The summed E-state index contributed by atoms with van der Waals surface area (Å²) in [5.74, 6) is 0.823. The maximum absolute atomic E-state index is 5.52. The minimum Gasteiger partial charge on any atom is -0.373 e. The molecule has 1 aromatic rings. The molecule has 0 fully saturated rings. The highest BCUT2D eigenvalue weighted by molar-refractivity contribution is 5.23. The van der Waals surface area contributed by atoms with Gasteiger partial charge in [-0.3, -0.25) is 0 Å². The summed E-state index contributed by atoms with van der Waals surface area (Å²) in [6.45, 7) is 6.57. The molecule has 0 aliphatic heterocycles. The molecule has 0 spiro atoms. The van der Waals surface area contributed by atoms with Crippen LogP contribution in [0.15, 0.2) is 6.20 Å². The number of nitrogens with one attached hydrogen (secondary N) is 1. The van der Waals surface area contributed by atoms with Crippen LogP contribution in [-0.2, 0) is 17.8 Å². The maximum Gasteiger partial charge on any atom is 0.154 e. The van der Waals surface area contributed by atoms with E-state index in [9.17, 15) is 0 Å². The number of hydrogen-bond acceptors (Lipinski definition) is 4. The molecule has 1 atom stereocenters. The second-order valence-corrected chi connectivity index (χ2v) is 5.10. The number of aromatic nitrogens is 2. The van der Waals surface area contributed by atoms with E-state index >= 15 is 0 Å². The molecule has 1 unspecified atom stereocenters. The quantitative estimate of drug-likeness (QED) is 0.633. The molecule has 1 aliphatic rings. The Hall–Kier alpha value is -1.00. The van der Waals surface area contributed by atoms with Gasteiger partial charge in [0.15, 0.2) is 5.82 Å². The summed E-state index contributed by atoms with van der Waals surface area (Å²) in [5.41, 5.74) is 2.51. The van der Waals surface area contributed by atoms with Crippen LogP contribution in [0.25, 0.3) is 0 Å². The van der Waals surface area contributed by atoms with Crippen LogP contribution in [0.5, 0.6) is 0 Å². The van der Waals surface area contributed by atoms with Gasteiger partial charge in [0.25, 0.3) is 0 Å². The average molecular weight is 263 g/mol. The lowest BCUT2D eigenvalue weighted by atomic mass is 10.1. The SMILES string of the molecule is CCCOCc1ncc2c(n1)CCCCC2NCC. The number of ether oxygens (including phenoxy) is 1. The van der Waals surface area contributed by atoms with Crippen molar-refractivity contribution in [1.29, 1.82) is 0 Å². The Bertz CT molecular complexity index is 395. The number of aryl methyl sites for hydroxylation is 1. The highest BCUT2D eigenvalue weighted by Crippen LogP contribution is 2.26. The predicted octanol–water partition coefficient (Wildman–Crippen LogP) is 2.78. The fraction of sp³-hybridized carbons (Fsp3) is 0.733. The van der Waals surface area contributed by atoms with Crippen molar-refractivity contribution < 1.29 is 4.74 Å². The van der Waals surface area contributed by atoms with E-state index in [0.717, 1.165) is 31.8 Å². The number of nitrogens with zero attached hydrogens (tertiary/aromatic N) is 2. The topological polar surface area (TPSA) is 47.0 Å². The number of fused-ring (bicyclic) bond motifs is 1. The van der Waals surface area contributed by atoms with Crippen LogP contribution in [0.3, 0.4) is 0 Å². The molecule has 1 heterocycles. The molecule has 0 aromatic carbocycles. The van der Waals surface area contributed by atoms with Crippen molar-refractivity contribution in [3.05, 3.63) is 23.3 Å². The second kappa shape index (κ2) is 7.56. The molecule has 1 N–H and O–H groups in total. The molecule has 1 aromatic heterocycles. The zero-order valence-corrected chi connectivity index (χ0v) is 12.1. The molecule has 0 saturated carbocycles. The van der Waals surface area contributed by atoms with Crippen molar-refractivity contribution in [2.75, 3.05) is 13.2 Å².